The topological polar surface area (TPSA) is 129 Å². The van der Waals surface area contributed by atoms with Crippen molar-refractivity contribution in [2.45, 2.75) is 95.5 Å². The number of nitrogens with zero attached hydrogens (tertiary/aromatic N) is 1. The molecule has 4 bridgehead atoms. The van der Waals surface area contributed by atoms with Crippen molar-refractivity contribution >= 4 is 34.4 Å². The first-order valence-electron chi connectivity index (χ1n) is 16.4. The highest BCUT2D eigenvalue weighted by atomic mass is 127. The molecule has 0 aliphatic heterocycles. The first-order valence-corrected chi connectivity index (χ1v) is 17.5. The lowest BCUT2D eigenvalue weighted by Gasteiger charge is -2.58. The number of methoxy groups -OCH3 is 1. The second-order valence-corrected chi connectivity index (χ2v) is 15.3. The zero-order valence-corrected chi connectivity index (χ0v) is 27.8. The van der Waals surface area contributed by atoms with E-state index in [1.165, 1.54) is 26.4 Å². The molecule has 5 saturated carbocycles. The number of nitrogens with one attached hydrogen (secondary N) is 1. The van der Waals surface area contributed by atoms with Crippen LogP contribution < -0.4 is 14.8 Å². The number of benzene rings is 1. The third-order valence-electron chi connectivity index (χ3n) is 11.0. The molecule has 0 saturated heterocycles. The maximum absolute atomic E-state index is 14.4. The summed E-state index contributed by atoms with van der Waals surface area (Å²) in [5.74, 6) is 2.75. The summed E-state index contributed by atoms with van der Waals surface area (Å²) in [5, 5.41) is 33.9. The lowest BCUT2D eigenvalue weighted by molar-refractivity contribution is -0.151. The molecular formula is C34H47IN2O7. The molecule has 1 aromatic rings. The van der Waals surface area contributed by atoms with Gasteiger partial charge in [-0.2, -0.15) is 0 Å². The fourth-order valence-electron chi connectivity index (χ4n) is 9.51. The van der Waals surface area contributed by atoms with Crippen LogP contribution in [0.1, 0.15) is 76.2 Å². The van der Waals surface area contributed by atoms with Gasteiger partial charge in [0.15, 0.2) is 11.5 Å². The molecule has 6 aliphatic rings. The van der Waals surface area contributed by atoms with Gasteiger partial charge < -0.3 is 35.0 Å². The average Bonchev–Trinajstić information content (AvgIpc) is 3.55. The first-order chi connectivity index (χ1) is 21.2. The van der Waals surface area contributed by atoms with Gasteiger partial charge in [-0.3, -0.25) is 9.59 Å². The zero-order chi connectivity index (χ0) is 31.0. The molecular weight excluding hydrogens is 675 g/mol. The lowest BCUT2D eigenvalue weighted by atomic mass is 9.49. The molecule has 0 aromatic heterocycles. The van der Waals surface area contributed by atoms with E-state index < -0.39 is 18.2 Å². The van der Waals surface area contributed by atoms with E-state index in [4.69, 9.17) is 9.47 Å². The van der Waals surface area contributed by atoms with E-state index >= 15 is 0 Å². The Balaban J connectivity index is 1.35. The number of amides is 2. The summed E-state index contributed by atoms with van der Waals surface area (Å²) >= 11 is 2.12. The van der Waals surface area contributed by atoms with Crippen LogP contribution in [0.2, 0.25) is 0 Å². The van der Waals surface area contributed by atoms with Gasteiger partial charge in [0.2, 0.25) is 11.8 Å². The van der Waals surface area contributed by atoms with Crippen LogP contribution in [0.15, 0.2) is 23.8 Å². The van der Waals surface area contributed by atoms with E-state index in [9.17, 15) is 24.9 Å². The molecule has 242 valence electrons. The van der Waals surface area contributed by atoms with Crippen molar-refractivity contribution in [2.24, 2.45) is 29.1 Å². The summed E-state index contributed by atoms with van der Waals surface area (Å²) in [7, 11) is 1.52. The van der Waals surface area contributed by atoms with E-state index in [-0.39, 0.29) is 49.3 Å². The van der Waals surface area contributed by atoms with Crippen molar-refractivity contribution in [1.29, 1.82) is 0 Å². The Morgan fingerprint density at radius 2 is 1.73 bits per heavy atom. The van der Waals surface area contributed by atoms with Gasteiger partial charge in [0.25, 0.3) is 0 Å². The second kappa shape index (κ2) is 13.5. The monoisotopic (exact) mass is 722 g/mol. The van der Waals surface area contributed by atoms with Crippen molar-refractivity contribution in [3.63, 3.8) is 0 Å². The normalized spacial score (nSPS) is 32.8. The van der Waals surface area contributed by atoms with E-state index in [1.807, 2.05) is 4.90 Å². The molecule has 5 fully saturated rings. The summed E-state index contributed by atoms with van der Waals surface area (Å²) in [4.78, 5) is 29.8. The molecule has 0 radical (unpaired) electrons. The van der Waals surface area contributed by atoms with Crippen LogP contribution in [0.25, 0.3) is 0 Å². The Bertz CT molecular complexity index is 1230. The highest BCUT2D eigenvalue weighted by molar-refractivity contribution is 14.1. The predicted molar refractivity (Wildman–Crippen MR) is 173 cm³/mol. The molecule has 0 spiro atoms. The van der Waals surface area contributed by atoms with E-state index in [1.54, 1.807) is 18.2 Å². The van der Waals surface area contributed by atoms with Crippen LogP contribution in [-0.4, -0.2) is 77.1 Å². The number of hydrogen-bond donors (Lipinski definition) is 4. The van der Waals surface area contributed by atoms with Gasteiger partial charge in [0, 0.05) is 31.0 Å². The van der Waals surface area contributed by atoms with Crippen molar-refractivity contribution in [2.75, 3.05) is 26.8 Å². The van der Waals surface area contributed by atoms with E-state index in [2.05, 4.69) is 27.9 Å². The minimum Gasteiger partial charge on any atom is -0.493 e. The molecule has 2 amide bonds. The van der Waals surface area contributed by atoms with Crippen LogP contribution in [0.4, 0.5) is 0 Å². The summed E-state index contributed by atoms with van der Waals surface area (Å²) in [5.41, 5.74) is 1.18. The Hall–Kier alpha value is -1.89. The van der Waals surface area contributed by atoms with Crippen LogP contribution in [0, 0.1) is 32.7 Å². The van der Waals surface area contributed by atoms with Gasteiger partial charge in [-0.1, -0.05) is 12.8 Å². The zero-order valence-electron chi connectivity index (χ0n) is 25.7. The summed E-state index contributed by atoms with van der Waals surface area (Å²) in [6, 6.07) is 2.87. The SMILES string of the molecule is COc1cc(CO)cc(I)c1O[C@H]1C=C(C(=O)NCCO)C[C@@H](N(CC23CC4CC(CC(C4)C2)C3)C(=O)C2CCCC2)[C@@H]1O. The van der Waals surface area contributed by atoms with Crippen molar-refractivity contribution in [3.05, 3.63) is 32.9 Å². The number of rotatable bonds is 11. The van der Waals surface area contributed by atoms with Gasteiger partial charge in [0.1, 0.15) is 12.2 Å². The van der Waals surface area contributed by atoms with Crippen molar-refractivity contribution in [3.8, 4) is 11.5 Å². The third-order valence-corrected chi connectivity index (χ3v) is 11.8. The van der Waals surface area contributed by atoms with E-state index in [0.717, 1.165) is 62.7 Å². The quantitative estimate of drug-likeness (QED) is 0.255. The molecule has 0 heterocycles. The second-order valence-electron chi connectivity index (χ2n) is 14.1. The molecule has 6 aliphatic carbocycles. The van der Waals surface area contributed by atoms with Gasteiger partial charge >= 0.3 is 0 Å². The molecule has 1 aromatic carbocycles. The van der Waals surface area contributed by atoms with Gasteiger partial charge in [-0.25, -0.2) is 0 Å². The maximum Gasteiger partial charge on any atom is 0.247 e. The van der Waals surface area contributed by atoms with Crippen LogP contribution in [-0.2, 0) is 16.2 Å². The third kappa shape index (κ3) is 6.51. The maximum atomic E-state index is 14.4. The molecule has 7 rings (SSSR count). The van der Waals surface area contributed by atoms with Gasteiger partial charge in [-0.05, 0) is 121 Å². The fourth-order valence-corrected chi connectivity index (χ4v) is 10.3. The number of aliphatic hydroxyl groups is 3. The highest BCUT2D eigenvalue weighted by Gasteiger charge is 2.53. The minimum atomic E-state index is -1.07. The molecule has 10 heteroatoms. The highest BCUT2D eigenvalue weighted by Crippen LogP contribution is 2.60. The smallest absolute Gasteiger partial charge is 0.247 e. The fraction of sp³-hybridized carbons (Fsp3) is 0.706. The number of aliphatic hydroxyl groups excluding tert-OH is 3. The van der Waals surface area contributed by atoms with Crippen molar-refractivity contribution < 1.29 is 34.4 Å². The molecule has 9 nitrogen and oxygen atoms in total. The summed E-state index contributed by atoms with van der Waals surface area (Å²) < 4.78 is 12.8. The minimum absolute atomic E-state index is 0.0554. The van der Waals surface area contributed by atoms with Crippen molar-refractivity contribution in [1.82, 2.24) is 10.2 Å². The molecule has 4 N–H and O–H groups in total. The number of hydrogen-bond acceptors (Lipinski definition) is 7. The van der Waals surface area contributed by atoms with Gasteiger partial charge in [0.05, 0.1) is 29.9 Å². The number of ether oxygens (including phenoxy) is 2. The summed E-state index contributed by atoms with van der Waals surface area (Å²) in [6.45, 7) is 0.396. The van der Waals surface area contributed by atoms with Crippen LogP contribution in [0.5, 0.6) is 11.5 Å². The summed E-state index contributed by atoms with van der Waals surface area (Å²) in [6.07, 6.45) is 11.1. The lowest BCUT2D eigenvalue weighted by Crippen LogP contribution is -2.60. The van der Waals surface area contributed by atoms with Crippen LogP contribution >= 0.6 is 22.6 Å². The van der Waals surface area contributed by atoms with Gasteiger partial charge in [-0.15, -0.1) is 0 Å². The Morgan fingerprint density at radius 3 is 2.32 bits per heavy atom. The Morgan fingerprint density at radius 1 is 1.07 bits per heavy atom. The Kier molecular flexibility index (Phi) is 9.81. The molecule has 44 heavy (non-hydrogen) atoms. The first kappa shape index (κ1) is 32.1. The molecule has 0 unspecified atom stereocenters. The number of carbonyl (C=O) groups is 2. The van der Waals surface area contributed by atoms with Crippen LogP contribution in [0.3, 0.4) is 0 Å². The van der Waals surface area contributed by atoms with E-state index in [0.29, 0.717) is 32.8 Å². The number of carbonyl (C=O) groups excluding carboxylic acids is 2. The average molecular weight is 723 g/mol. The predicted octanol–water partition coefficient (Wildman–Crippen LogP) is 3.94. The Labute approximate surface area is 273 Å². The molecule has 3 atom stereocenters. The standard InChI is InChI=1S/C34H47IN2O7/c1-43-29-12-23(18-39)11-26(35)31(29)44-28-14-25(32(41)36-6-7-38)13-27(30(28)40)37(33(42)24-4-2-3-5-24)19-34-15-20-8-21(16-34)10-22(9-20)17-34/h11-12,14,20-22,24,27-28,30,38-40H,2-10,13,15-19H2,1H3,(H,36,41)/t20?,21?,22?,27-,28+,30+,34?/m1/s1. The number of halogens is 1. The largest absolute Gasteiger partial charge is 0.493 e.